The Balaban J connectivity index is 1.68. The fourth-order valence-electron chi connectivity index (χ4n) is 2.22. The van der Waals surface area contributed by atoms with Crippen LogP contribution in [-0.4, -0.2) is 59.3 Å². The van der Waals surface area contributed by atoms with Crippen LogP contribution in [0.1, 0.15) is 19.3 Å². The van der Waals surface area contributed by atoms with Crippen LogP contribution in [0.2, 0.25) is 0 Å². The minimum Gasteiger partial charge on any atom is -0.387 e. The van der Waals surface area contributed by atoms with E-state index in [9.17, 15) is 5.11 Å². The molecule has 2 unspecified atom stereocenters. The van der Waals surface area contributed by atoms with Gasteiger partial charge in [0.2, 0.25) is 0 Å². The molecule has 6 heteroatoms. The molecular formula is C12H23N3OS2. The Labute approximate surface area is 118 Å². The van der Waals surface area contributed by atoms with E-state index in [-0.39, 0.29) is 0 Å². The maximum atomic E-state index is 10.2. The van der Waals surface area contributed by atoms with E-state index in [0.29, 0.717) is 11.8 Å². The summed E-state index contributed by atoms with van der Waals surface area (Å²) in [5.74, 6) is 3.99. The predicted molar refractivity (Wildman–Crippen MR) is 81.7 cm³/mol. The molecule has 0 aromatic heterocycles. The summed E-state index contributed by atoms with van der Waals surface area (Å²) in [7, 11) is 1.78. The molecule has 2 heterocycles. The van der Waals surface area contributed by atoms with E-state index in [1.165, 1.54) is 18.6 Å². The molecule has 2 saturated heterocycles. The highest BCUT2D eigenvalue weighted by molar-refractivity contribution is 8.00. The van der Waals surface area contributed by atoms with Crippen molar-refractivity contribution < 1.29 is 5.11 Å². The zero-order valence-electron chi connectivity index (χ0n) is 10.9. The average molecular weight is 289 g/mol. The number of aliphatic imine (C=N–C) groups is 1. The zero-order valence-corrected chi connectivity index (χ0v) is 12.6. The fraction of sp³-hybridized carbons (Fsp3) is 0.917. The molecule has 0 aromatic carbocycles. The lowest BCUT2D eigenvalue weighted by molar-refractivity contribution is 0.0724. The number of guanidine groups is 1. The SMILES string of the molecule is CN=C(NCC1CCCS1)NCC1(O)CCSC1. The van der Waals surface area contributed by atoms with E-state index in [4.69, 9.17) is 0 Å². The highest BCUT2D eigenvalue weighted by Gasteiger charge is 2.31. The molecule has 3 N–H and O–H groups in total. The number of thioether (sulfide) groups is 2. The van der Waals surface area contributed by atoms with Crippen molar-refractivity contribution in [2.45, 2.75) is 30.1 Å². The van der Waals surface area contributed by atoms with Crippen LogP contribution < -0.4 is 10.6 Å². The first-order chi connectivity index (χ1) is 8.72. The second-order valence-corrected chi connectivity index (χ2v) is 7.48. The zero-order chi connectivity index (χ0) is 12.8. The van der Waals surface area contributed by atoms with Crippen molar-refractivity contribution in [3.05, 3.63) is 0 Å². The molecule has 104 valence electrons. The average Bonchev–Trinajstić information content (AvgIpc) is 3.01. The molecule has 2 rings (SSSR count). The molecule has 0 spiro atoms. The largest absolute Gasteiger partial charge is 0.387 e. The molecule has 0 aromatic rings. The Hall–Kier alpha value is -0.0700. The third-order valence-electron chi connectivity index (χ3n) is 3.41. The number of nitrogens with zero attached hydrogens (tertiary/aromatic N) is 1. The Kier molecular flexibility index (Phi) is 5.51. The molecule has 0 bridgehead atoms. The Bertz CT molecular complexity index is 287. The van der Waals surface area contributed by atoms with E-state index in [2.05, 4.69) is 15.6 Å². The van der Waals surface area contributed by atoms with Gasteiger partial charge in [-0.2, -0.15) is 23.5 Å². The van der Waals surface area contributed by atoms with Crippen molar-refractivity contribution in [2.24, 2.45) is 4.99 Å². The molecule has 0 saturated carbocycles. The quantitative estimate of drug-likeness (QED) is 0.531. The van der Waals surface area contributed by atoms with Gasteiger partial charge in [-0.25, -0.2) is 0 Å². The van der Waals surface area contributed by atoms with E-state index in [1.807, 2.05) is 23.5 Å². The lowest BCUT2D eigenvalue weighted by Crippen LogP contribution is -2.48. The number of rotatable bonds is 4. The monoisotopic (exact) mass is 289 g/mol. The van der Waals surface area contributed by atoms with Crippen molar-refractivity contribution >= 4 is 29.5 Å². The molecule has 0 amide bonds. The first-order valence-electron chi connectivity index (χ1n) is 6.58. The van der Waals surface area contributed by atoms with Crippen LogP contribution in [0.25, 0.3) is 0 Å². The van der Waals surface area contributed by atoms with Gasteiger partial charge < -0.3 is 15.7 Å². The van der Waals surface area contributed by atoms with Crippen LogP contribution in [0.5, 0.6) is 0 Å². The predicted octanol–water partition coefficient (Wildman–Crippen LogP) is 0.915. The van der Waals surface area contributed by atoms with E-state index in [0.717, 1.165) is 30.4 Å². The Morgan fingerprint density at radius 3 is 2.94 bits per heavy atom. The standard InChI is InChI=1S/C12H23N3OS2/c1-13-11(14-7-10-3-2-5-18-10)15-8-12(16)4-6-17-9-12/h10,16H,2-9H2,1H3,(H2,13,14,15). The number of aliphatic hydroxyl groups is 1. The van der Waals surface area contributed by atoms with Gasteiger partial charge in [-0.15, -0.1) is 0 Å². The normalized spacial score (nSPS) is 32.8. The highest BCUT2D eigenvalue weighted by atomic mass is 32.2. The molecular weight excluding hydrogens is 266 g/mol. The number of hydrogen-bond acceptors (Lipinski definition) is 4. The summed E-state index contributed by atoms with van der Waals surface area (Å²) < 4.78 is 0. The van der Waals surface area contributed by atoms with Gasteiger partial charge in [0, 0.05) is 31.1 Å². The van der Waals surface area contributed by atoms with Gasteiger partial charge in [0.1, 0.15) is 0 Å². The molecule has 2 aliphatic heterocycles. The number of nitrogens with one attached hydrogen (secondary N) is 2. The van der Waals surface area contributed by atoms with E-state index in [1.54, 1.807) is 7.05 Å². The maximum absolute atomic E-state index is 10.2. The maximum Gasteiger partial charge on any atom is 0.191 e. The molecule has 2 fully saturated rings. The first-order valence-corrected chi connectivity index (χ1v) is 8.78. The van der Waals surface area contributed by atoms with Crippen molar-refractivity contribution in [2.75, 3.05) is 37.4 Å². The summed E-state index contributed by atoms with van der Waals surface area (Å²) >= 11 is 3.86. The van der Waals surface area contributed by atoms with Gasteiger partial charge in [-0.3, -0.25) is 4.99 Å². The summed E-state index contributed by atoms with van der Waals surface area (Å²) in [6.45, 7) is 1.56. The number of hydrogen-bond donors (Lipinski definition) is 3. The van der Waals surface area contributed by atoms with Gasteiger partial charge >= 0.3 is 0 Å². The summed E-state index contributed by atoms with van der Waals surface area (Å²) in [6.07, 6.45) is 3.51. The summed E-state index contributed by atoms with van der Waals surface area (Å²) in [4.78, 5) is 4.21. The molecule has 2 aliphatic rings. The Morgan fingerprint density at radius 2 is 2.33 bits per heavy atom. The molecule has 0 radical (unpaired) electrons. The first kappa shape index (κ1) is 14.3. The molecule has 2 atom stereocenters. The summed E-state index contributed by atoms with van der Waals surface area (Å²) in [5.41, 5.74) is -0.551. The van der Waals surface area contributed by atoms with Gasteiger partial charge in [0.25, 0.3) is 0 Å². The minimum atomic E-state index is -0.551. The van der Waals surface area contributed by atoms with Crippen molar-refractivity contribution in [3.8, 4) is 0 Å². The van der Waals surface area contributed by atoms with Gasteiger partial charge in [0.05, 0.1) is 5.60 Å². The molecule has 4 nitrogen and oxygen atoms in total. The lowest BCUT2D eigenvalue weighted by Gasteiger charge is -2.23. The summed E-state index contributed by atoms with van der Waals surface area (Å²) in [5, 5.41) is 17.6. The Morgan fingerprint density at radius 1 is 1.44 bits per heavy atom. The smallest absolute Gasteiger partial charge is 0.191 e. The second-order valence-electron chi connectivity index (χ2n) is 4.97. The van der Waals surface area contributed by atoms with E-state index >= 15 is 0 Å². The van der Waals surface area contributed by atoms with Crippen molar-refractivity contribution in [1.29, 1.82) is 0 Å². The minimum absolute atomic E-state index is 0.551. The van der Waals surface area contributed by atoms with Gasteiger partial charge in [-0.1, -0.05) is 0 Å². The fourth-order valence-corrected chi connectivity index (χ4v) is 4.72. The lowest BCUT2D eigenvalue weighted by atomic mass is 10.0. The molecule has 18 heavy (non-hydrogen) atoms. The van der Waals surface area contributed by atoms with E-state index < -0.39 is 5.60 Å². The highest BCUT2D eigenvalue weighted by Crippen LogP contribution is 2.27. The van der Waals surface area contributed by atoms with Gasteiger partial charge in [0.15, 0.2) is 5.96 Å². The van der Waals surface area contributed by atoms with Gasteiger partial charge in [-0.05, 0) is 30.8 Å². The molecule has 0 aliphatic carbocycles. The van der Waals surface area contributed by atoms with Crippen molar-refractivity contribution in [1.82, 2.24) is 10.6 Å². The van der Waals surface area contributed by atoms with Crippen LogP contribution in [-0.2, 0) is 0 Å². The van der Waals surface area contributed by atoms with Crippen LogP contribution in [0.15, 0.2) is 4.99 Å². The van der Waals surface area contributed by atoms with Crippen LogP contribution >= 0.6 is 23.5 Å². The summed E-state index contributed by atoms with van der Waals surface area (Å²) in [6, 6.07) is 0. The third-order valence-corrected chi connectivity index (χ3v) is 6.04. The van der Waals surface area contributed by atoms with Crippen LogP contribution in [0.3, 0.4) is 0 Å². The van der Waals surface area contributed by atoms with Crippen LogP contribution in [0, 0.1) is 0 Å². The van der Waals surface area contributed by atoms with Crippen molar-refractivity contribution in [3.63, 3.8) is 0 Å². The second kappa shape index (κ2) is 6.91. The van der Waals surface area contributed by atoms with Crippen LogP contribution in [0.4, 0.5) is 0 Å². The third kappa shape index (κ3) is 4.24. The topological polar surface area (TPSA) is 56.7 Å².